The summed E-state index contributed by atoms with van der Waals surface area (Å²) in [4.78, 5) is 26.2. The van der Waals surface area contributed by atoms with Crippen LogP contribution < -0.4 is 16.1 Å². The minimum Gasteiger partial charge on any atom is -0.369 e. The molecule has 0 spiro atoms. The lowest BCUT2D eigenvalue weighted by Gasteiger charge is -2.43. The van der Waals surface area contributed by atoms with Gasteiger partial charge in [-0.05, 0) is 20.8 Å². The quantitative estimate of drug-likeness (QED) is 0.725. The van der Waals surface area contributed by atoms with Crippen LogP contribution in [0.15, 0.2) is 9.59 Å². The second kappa shape index (κ2) is 5.04. The van der Waals surface area contributed by atoms with Crippen LogP contribution in [-0.2, 0) is 18.8 Å². The Bertz CT molecular complexity index is 723. The van der Waals surface area contributed by atoms with Gasteiger partial charge in [0.05, 0.1) is 11.7 Å². The van der Waals surface area contributed by atoms with Crippen molar-refractivity contribution in [2.24, 2.45) is 14.1 Å². The van der Waals surface area contributed by atoms with E-state index in [2.05, 4.69) is 0 Å². The van der Waals surface area contributed by atoms with Crippen molar-refractivity contribution in [2.45, 2.75) is 32.5 Å². The Morgan fingerprint density at radius 3 is 2.43 bits per heavy atom. The first-order valence-corrected chi connectivity index (χ1v) is 6.81. The van der Waals surface area contributed by atoms with Crippen LogP contribution in [0.2, 0.25) is 0 Å². The molecule has 7 nitrogen and oxygen atoms in total. The van der Waals surface area contributed by atoms with E-state index in [9.17, 15) is 14.9 Å². The molecule has 0 radical (unpaired) electrons. The molecular formula is C14H20N4O3. The molecule has 0 aliphatic carbocycles. The van der Waals surface area contributed by atoms with E-state index in [-0.39, 0.29) is 11.7 Å². The Hall–Kier alpha value is -2.07. The smallest absolute Gasteiger partial charge is 0.332 e. The fourth-order valence-electron chi connectivity index (χ4n) is 2.92. The fraction of sp³-hybridized carbons (Fsp3) is 0.643. The van der Waals surface area contributed by atoms with Crippen molar-refractivity contribution in [3.05, 3.63) is 26.4 Å². The molecule has 1 aliphatic heterocycles. The third kappa shape index (κ3) is 2.59. The van der Waals surface area contributed by atoms with Gasteiger partial charge in [0.2, 0.25) is 0 Å². The predicted molar refractivity (Wildman–Crippen MR) is 78.5 cm³/mol. The van der Waals surface area contributed by atoms with Crippen molar-refractivity contribution in [1.82, 2.24) is 9.13 Å². The van der Waals surface area contributed by atoms with E-state index in [1.807, 2.05) is 31.7 Å². The Balaban J connectivity index is 2.67. The molecular weight excluding hydrogens is 272 g/mol. The van der Waals surface area contributed by atoms with Crippen molar-refractivity contribution >= 4 is 5.82 Å². The number of nitrogens with zero attached hydrogens (tertiary/aromatic N) is 4. The summed E-state index contributed by atoms with van der Waals surface area (Å²) in [5.74, 6) is 0.369. The molecule has 1 aliphatic rings. The highest BCUT2D eigenvalue weighted by atomic mass is 16.5. The van der Waals surface area contributed by atoms with Crippen LogP contribution in [0.5, 0.6) is 0 Å². The molecule has 0 unspecified atom stereocenters. The monoisotopic (exact) mass is 292 g/mol. The number of hydrogen-bond donors (Lipinski definition) is 0. The molecule has 1 saturated heterocycles. The summed E-state index contributed by atoms with van der Waals surface area (Å²) in [6.45, 7) is 6.85. The second-order valence-corrected chi connectivity index (χ2v) is 6.08. The highest BCUT2D eigenvalue weighted by Crippen LogP contribution is 2.26. The largest absolute Gasteiger partial charge is 0.369 e. The van der Waals surface area contributed by atoms with Gasteiger partial charge in [0, 0.05) is 27.2 Å². The summed E-state index contributed by atoms with van der Waals surface area (Å²) in [6.07, 6.45) is -0.0561. The average Bonchev–Trinajstić information content (AvgIpc) is 2.37. The maximum Gasteiger partial charge on any atom is 0.332 e. The van der Waals surface area contributed by atoms with Gasteiger partial charge < -0.3 is 9.64 Å². The van der Waals surface area contributed by atoms with E-state index < -0.39 is 16.9 Å². The van der Waals surface area contributed by atoms with E-state index >= 15 is 0 Å². The number of anilines is 1. The van der Waals surface area contributed by atoms with Crippen molar-refractivity contribution in [1.29, 1.82) is 5.26 Å². The number of hydrogen-bond acceptors (Lipinski definition) is 5. The first kappa shape index (κ1) is 15.3. The molecule has 114 valence electrons. The highest BCUT2D eigenvalue weighted by Gasteiger charge is 2.34. The zero-order chi connectivity index (χ0) is 15.9. The number of nitriles is 1. The van der Waals surface area contributed by atoms with Crippen molar-refractivity contribution in [3.8, 4) is 6.07 Å². The maximum atomic E-state index is 12.1. The summed E-state index contributed by atoms with van der Waals surface area (Å²) >= 11 is 0. The third-order valence-electron chi connectivity index (χ3n) is 3.61. The molecule has 2 heterocycles. The predicted octanol–water partition coefficient (Wildman–Crippen LogP) is -0.0406. The number of ether oxygens (including phenoxy) is 1. The molecule has 7 heteroatoms. The normalized spacial score (nSPS) is 21.1. The minimum absolute atomic E-state index is 0.00972. The van der Waals surface area contributed by atoms with Crippen molar-refractivity contribution < 1.29 is 4.74 Å². The van der Waals surface area contributed by atoms with Crippen molar-refractivity contribution in [3.63, 3.8) is 0 Å². The topological polar surface area (TPSA) is 80.3 Å². The van der Waals surface area contributed by atoms with E-state index in [1.165, 1.54) is 11.6 Å². The van der Waals surface area contributed by atoms with Crippen LogP contribution in [0.1, 0.15) is 26.3 Å². The van der Waals surface area contributed by atoms with Crippen LogP contribution in [0.4, 0.5) is 5.82 Å². The standard InChI is InChI=1S/C14H20N4O3/c1-9-7-18(8-14(2,3)21-9)11-10(6-15)12(19)17(5)13(20)16(11)4/h9H,7-8H2,1-5H3/t9-/m1/s1. The number of rotatable bonds is 1. The maximum absolute atomic E-state index is 12.1. The summed E-state index contributed by atoms with van der Waals surface area (Å²) in [7, 11) is 2.95. The zero-order valence-corrected chi connectivity index (χ0v) is 13.0. The van der Waals surface area contributed by atoms with Gasteiger partial charge in [0.15, 0.2) is 5.56 Å². The lowest BCUT2D eigenvalue weighted by molar-refractivity contribution is -0.0753. The Labute approximate surface area is 123 Å². The molecule has 0 N–H and O–H groups in total. The lowest BCUT2D eigenvalue weighted by atomic mass is 10.1. The van der Waals surface area contributed by atoms with E-state index in [0.29, 0.717) is 18.9 Å². The first-order valence-electron chi connectivity index (χ1n) is 6.81. The fourth-order valence-corrected chi connectivity index (χ4v) is 2.92. The summed E-state index contributed by atoms with van der Waals surface area (Å²) < 4.78 is 8.14. The van der Waals surface area contributed by atoms with Gasteiger partial charge in [-0.15, -0.1) is 0 Å². The summed E-state index contributed by atoms with van der Waals surface area (Å²) in [6, 6.07) is 1.94. The van der Waals surface area contributed by atoms with Crippen LogP contribution in [0.25, 0.3) is 0 Å². The number of aromatic nitrogens is 2. The van der Waals surface area contributed by atoms with Crippen LogP contribution in [0.3, 0.4) is 0 Å². The Morgan fingerprint density at radius 2 is 1.90 bits per heavy atom. The van der Waals surface area contributed by atoms with Gasteiger partial charge in [0.1, 0.15) is 11.9 Å². The van der Waals surface area contributed by atoms with Gasteiger partial charge >= 0.3 is 5.69 Å². The molecule has 0 amide bonds. The summed E-state index contributed by atoms with van der Waals surface area (Å²) in [5, 5.41) is 9.33. The SMILES string of the molecule is C[C@@H]1CN(c2c(C#N)c(=O)n(C)c(=O)n2C)CC(C)(C)O1. The van der Waals surface area contributed by atoms with Gasteiger partial charge in [-0.3, -0.25) is 13.9 Å². The lowest BCUT2D eigenvalue weighted by Crippen LogP contribution is -2.54. The molecule has 1 aromatic rings. The molecule has 0 aromatic carbocycles. The molecule has 2 rings (SSSR count). The van der Waals surface area contributed by atoms with Gasteiger partial charge in [-0.1, -0.05) is 0 Å². The van der Waals surface area contributed by atoms with Crippen molar-refractivity contribution in [2.75, 3.05) is 18.0 Å². The molecule has 1 aromatic heterocycles. The van der Waals surface area contributed by atoms with Gasteiger partial charge in [0.25, 0.3) is 5.56 Å². The zero-order valence-electron chi connectivity index (χ0n) is 13.0. The molecule has 0 saturated carbocycles. The second-order valence-electron chi connectivity index (χ2n) is 6.08. The van der Waals surface area contributed by atoms with Gasteiger partial charge in [-0.2, -0.15) is 5.26 Å². The Kier molecular flexibility index (Phi) is 3.68. The molecule has 1 fully saturated rings. The first-order chi connectivity index (χ1) is 9.68. The Morgan fingerprint density at radius 1 is 1.29 bits per heavy atom. The van der Waals surface area contributed by atoms with Crippen LogP contribution in [0, 0.1) is 11.3 Å². The van der Waals surface area contributed by atoms with E-state index in [4.69, 9.17) is 4.74 Å². The van der Waals surface area contributed by atoms with E-state index in [0.717, 1.165) is 4.57 Å². The number of morpholine rings is 1. The van der Waals surface area contributed by atoms with E-state index in [1.54, 1.807) is 7.05 Å². The molecule has 1 atom stereocenters. The van der Waals surface area contributed by atoms with Crippen LogP contribution in [-0.4, -0.2) is 33.9 Å². The third-order valence-corrected chi connectivity index (χ3v) is 3.61. The minimum atomic E-state index is -0.562. The van der Waals surface area contributed by atoms with Crippen LogP contribution >= 0.6 is 0 Å². The molecule has 21 heavy (non-hydrogen) atoms. The van der Waals surface area contributed by atoms with Gasteiger partial charge in [-0.25, -0.2) is 4.79 Å². The molecule has 0 bridgehead atoms. The summed E-state index contributed by atoms with van der Waals surface area (Å²) in [5.41, 5.74) is -1.43. The highest BCUT2D eigenvalue weighted by molar-refractivity contribution is 5.54. The average molecular weight is 292 g/mol.